The lowest BCUT2D eigenvalue weighted by molar-refractivity contribution is 0.102. The number of benzene rings is 3. The van der Waals surface area contributed by atoms with Crippen molar-refractivity contribution in [3.63, 3.8) is 0 Å². The minimum atomic E-state index is -3.25. The molecule has 30 heavy (non-hydrogen) atoms. The van der Waals surface area contributed by atoms with Crippen molar-refractivity contribution in [3.8, 4) is 0 Å². The fraction of sp³-hybridized carbons (Fsp3) is 0.0909. The highest BCUT2D eigenvalue weighted by Gasteiger charge is 2.17. The second-order valence-electron chi connectivity index (χ2n) is 6.90. The zero-order chi connectivity index (χ0) is 21.3. The molecule has 4 rings (SSSR count). The van der Waals surface area contributed by atoms with E-state index < -0.39 is 9.84 Å². The number of carbonyl (C=O) groups is 1. The summed E-state index contributed by atoms with van der Waals surface area (Å²) in [5.41, 5.74) is 2.62. The smallest absolute Gasteiger partial charge is 0.276 e. The van der Waals surface area contributed by atoms with Crippen molar-refractivity contribution < 1.29 is 13.2 Å². The maximum Gasteiger partial charge on any atom is 0.276 e. The molecule has 0 spiro atoms. The van der Waals surface area contributed by atoms with Gasteiger partial charge in [-0.05, 0) is 48.0 Å². The number of amides is 1. The maximum absolute atomic E-state index is 12.8. The van der Waals surface area contributed by atoms with Gasteiger partial charge in [-0.3, -0.25) is 9.48 Å². The number of nitrogens with zero attached hydrogens (tertiary/aromatic N) is 2. The first-order valence-electron chi connectivity index (χ1n) is 9.13. The van der Waals surface area contributed by atoms with Crippen molar-refractivity contribution in [1.82, 2.24) is 9.78 Å². The molecular weight excluding hydrogens is 422 g/mol. The number of carbonyl (C=O) groups excluding carboxylic acids is 1. The van der Waals surface area contributed by atoms with Gasteiger partial charge in [0.15, 0.2) is 15.5 Å². The first kappa shape index (κ1) is 20.1. The van der Waals surface area contributed by atoms with Gasteiger partial charge in [-0.15, -0.1) is 0 Å². The molecule has 1 aromatic heterocycles. The fourth-order valence-corrected chi connectivity index (χ4v) is 3.91. The van der Waals surface area contributed by atoms with Crippen molar-refractivity contribution in [2.45, 2.75) is 11.4 Å². The van der Waals surface area contributed by atoms with E-state index in [4.69, 9.17) is 11.6 Å². The van der Waals surface area contributed by atoms with Gasteiger partial charge in [-0.25, -0.2) is 8.42 Å². The monoisotopic (exact) mass is 439 g/mol. The van der Waals surface area contributed by atoms with Gasteiger partial charge in [0.25, 0.3) is 5.91 Å². The SMILES string of the molecule is CS(=O)(=O)c1ccc(Cn2nc(C(=O)Nc3ccc(Cl)cc3)c3ccccc32)cc1. The normalized spacial score (nSPS) is 11.5. The molecule has 1 heterocycles. The average Bonchev–Trinajstić information content (AvgIpc) is 3.08. The van der Waals surface area contributed by atoms with Crippen molar-refractivity contribution in [2.24, 2.45) is 0 Å². The largest absolute Gasteiger partial charge is 0.321 e. The van der Waals surface area contributed by atoms with Crippen LogP contribution in [0.25, 0.3) is 10.9 Å². The molecule has 1 N–H and O–H groups in total. The summed E-state index contributed by atoms with van der Waals surface area (Å²) < 4.78 is 25.0. The summed E-state index contributed by atoms with van der Waals surface area (Å²) in [6.07, 6.45) is 1.18. The van der Waals surface area contributed by atoms with Gasteiger partial charge in [0.2, 0.25) is 0 Å². The van der Waals surface area contributed by atoms with Gasteiger partial charge < -0.3 is 5.32 Å². The van der Waals surface area contributed by atoms with E-state index in [-0.39, 0.29) is 10.8 Å². The fourth-order valence-electron chi connectivity index (χ4n) is 3.15. The molecule has 3 aromatic carbocycles. The molecule has 0 bridgehead atoms. The van der Waals surface area contributed by atoms with Crippen LogP contribution in [0, 0.1) is 0 Å². The number of hydrogen-bond donors (Lipinski definition) is 1. The molecule has 0 fully saturated rings. The van der Waals surface area contributed by atoms with Crippen molar-refractivity contribution >= 4 is 43.9 Å². The Bertz CT molecular complexity index is 1330. The van der Waals surface area contributed by atoms with Crippen molar-refractivity contribution in [2.75, 3.05) is 11.6 Å². The van der Waals surface area contributed by atoms with E-state index in [2.05, 4.69) is 10.4 Å². The third-order valence-electron chi connectivity index (χ3n) is 4.66. The number of para-hydroxylation sites is 1. The third kappa shape index (κ3) is 4.22. The molecule has 0 unspecified atom stereocenters. The molecule has 4 aromatic rings. The summed E-state index contributed by atoms with van der Waals surface area (Å²) in [7, 11) is -3.25. The van der Waals surface area contributed by atoms with E-state index in [0.717, 1.165) is 16.5 Å². The summed E-state index contributed by atoms with van der Waals surface area (Å²) in [6, 6.07) is 21.0. The molecule has 0 aliphatic heterocycles. The molecule has 6 nitrogen and oxygen atoms in total. The van der Waals surface area contributed by atoms with Crippen LogP contribution in [0.1, 0.15) is 16.1 Å². The zero-order valence-corrected chi connectivity index (χ0v) is 17.6. The summed E-state index contributed by atoms with van der Waals surface area (Å²) in [4.78, 5) is 13.1. The van der Waals surface area contributed by atoms with E-state index in [9.17, 15) is 13.2 Å². The summed E-state index contributed by atoms with van der Waals surface area (Å²) >= 11 is 5.90. The van der Waals surface area contributed by atoms with Crippen LogP contribution in [0.5, 0.6) is 0 Å². The van der Waals surface area contributed by atoms with Gasteiger partial charge in [-0.1, -0.05) is 41.9 Å². The number of sulfone groups is 1. The zero-order valence-electron chi connectivity index (χ0n) is 16.0. The Morgan fingerprint density at radius 2 is 1.67 bits per heavy atom. The Morgan fingerprint density at radius 1 is 1.00 bits per heavy atom. The lowest BCUT2D eigenvalue weighted by Crippen LogP contribution is -2.13. The Kier molecular flexibility index (Phi) is 5.32. The van der Waals surface area contributed by atoms with Crippen LogP contribution in [0.15, 0.2) is 77.7 Å². The second kappa shape index (κ2) is 7.93. The number of fused-ring (bicyclic) bond motifs is 1. The highest BCUT2D eigenvalue weighted by molar-refractivity contribution is 7.90. The van der Waals surface area contributed by atoms with Crippen LogP contribution >= 0.6 is 11.6 Å². The Hall–Kier alpha value is -3.16. The summed E-state index contributed by atoms with van der Waals surface area (Å²) in [5.74, 6) is -0.320. The topological polar surface area (TPSA) is 81.1 Å². The van der Waals surface area contributed by atoms with E-state index in [1.165, 1.54) is 6.26 Å². The van der Waals surface area contributed by atoms with E-state index >= 15 is 0 Å². The predicted octanol–water partition coefficient (Wildman–Crippen LogP) is 4.39. The van der Waals surface area contributed by atoms with Crippen LogP contribution in [0.2, 0.25) is 5.02 Å². The summed E-state index contributed by atoms with van der Waals surface area (Å²) in [6.45, 7) is 0.402. The number of anilines is 1. The third-order valence-corrected chi connectivity index (χ3v) is 6.04. The number of halogens is 1. The van der Waals surface area contributed by atoms with Crippen LogP contribution in [-0.2, 0) is 16.4 Å². The van der Waals surface area contributed by atoms with Crippen molar-refractivity contribution in [1.29, 1.82) is 0 Å². The molecule has 152 valence electrons. The van der Waals surface area contributed by atoms with Gasteiger partial charge in [-0.2, -0.15) is 5.10 Å². The highest BCUT2D eigenvalue weighted by Crippen LogP contribution is 2.22. The van der Waals surface area contributed by atoms with Gasteiger partial charge in [0.05, 0.1) is 17.0 Å². The highest BCUT2D eigenvalue weighted by atomic mass is 35.5. The Morgan fingerprint density at radius 3 is 2.33 bits per heavy atom. The van der Waals surface area contributed by atoms with E-state index in [1.54, 1.807) is 53.2 Å². The van der Waals surface area contributed by atoms with Crippen molar-refractivity contribution in [3.05, 3.63) is 89.1 Å². The molecular formula is C22H18ClN3O3S. The molecule has 0 atom stereocenters. The molecule has 0 radical (unpaired) electrons. The number of rotatable bonds is 5. The summed E-state index contributed by atoms with van der Waals surface area (Å²) in [5, 5.41) is 8.69. The molecule has 0 saturated carbocycles. The molecule has 1 amide bonds. The maximum atomic E-state index is 12.8. The Balaban J connectivity index is 1.65. The number of hydrogen-bond acceptors (Lipinski definition) is 4. The van der Waals surface area contributed by atoms with Crippen LogP contribution in [0.3, 0.4) is 0 Å². The van der Waals surface area contributed by atoms with Gasteiger partial charge in [0.1, 0.15) is 0 Å². The molecule has 0 aliphatic rings. The van der Waals surface area contributed by atoms with Crippen LogP contribution < -0.4 is 5.32 Å². The van der Waals surface area contributed by atoms with Gasteiger partial charge >= 0.3 is 0 Å². The molecule has 0 aliphatic carbocycles. The lowest BCUT2D eigenvalue weighted by Gasteiger charge is -2.05. The molecule has 8 heteroatoms. The van der Waals surface area contributed by atoms with E-state index in [1.807, 2.05) is 24.3 Å². The minimum Gasteiger partial charge on any atom is -0.321 e. The Labute approximate surface area is 179 Å². The molecule has 0 saturated heterocycles. The quantitative estimate of drug-likeness (QED) is 0.500. The standard InChI is InChI=1S/C22H18ClN3O3S/c1-30(28,29)18-12-6-15(7-13-18)14-26-20-5-3-2-4-19(20)21(25-26)22(27)24-17-10-8-16(23)9-11-17/h2-13H,14H2,1H3,(H,24,27). The second-order valence-corrected chi connectivity index (χ2v) is 9.35. The average molecular weight is 440 g/mol. The van der Waals surface area contributed by atoms with Crippen LogP contribution in [-0.4, -0.2) is 30.4 Å². The predicted molar refractivity (Wildman–Crippen MR) is 118 cm³/mol. The number of aromatic nitrogens is 2. The first-order chi connectivity index (χ1) is 14.3. The minimum absolute atomic E-state index is 0.264. The first-order valence-corrected chi connectivity index (χ1v) is 11.4. The lowest BCUT2D eigenvalue weighted by atomic mass is 10.2. The van der Waals surface area contributed by atoms with E-state index in [0.29, 0.717) is 22.9 Å². The number of nitrogens with one attached hydrogen (secondary N) is 1. The van der Waals surface area contributed by atoms with Gasteiger partial charge in [0, 0.05) is 22.4 Å². The van der Waals surface area contributed by atoms with Crippen LogP contribution in [0.4, 0.5) is 5.69 Å².